The zero-order chi connectivity index (χ0) is 23.7. The number of carbonyl (C=O) groups excluding carboxylic acids is 2. The van der Waals surface area contributed by atoms with E-state index >= 15 is 0 Å². The molecule has 0 aliphatic carbocycles. The number of Topliss-reactive ketones (excluding diaryl/α,β-unsaturated/α-hetero) is 2. The summed E-state index contributed by atoms with van der Waals surface area (Å²) in [6.07, 6.45) is -1.25. The number of carbonyl (C=O) groups is 2. The normalized spacial score (nSPS) is 13.1. The van der Waals surface area contributed by atoms with E-state index in [0.717, 1.165) is 0 Å². The third kappa shape index (κ3) is 4.23. The van der Waals surface area contributed by atoms with Crippen molar-refractivity contribution in [1.82, 2.24) is 0 Å². The highest BCUT2D eigenvalue weighted by atomic mass is 19.2. The Kier molecular flexibility index (Phi) is 5.99. The van der Waals surface area contributed by atoms with E-state index in [-0.39, 0.29) is 16.9 Å². The van der Waals surface area contributed by atoms with Crippen LogP contribution in [0, 0.1) is 17.5 Å². The van der Waals surface area contributed by atoms with E-state index in [1.807, 2.05) is 0 Å². The standard InChI is InChI=1S/C24H17F3N2O4/c25-15-9-14(10-16(26)21(15)27)23(33)20(24-28-17-6-1-2-7-18(17)29-24)22(32)13-5-3-4-12(8-13)19(31)11-30/h1-10,19,28-31H,11H2. The Morgan fingerprint density at radius 2 is 1.39 bits per heavy atom. The molecule has 4 rings (SSSR count). The van der Waals surface area contributed by atoms with Gasteiger partial charge in [-0.3, -0.25) is 9.59 Å². The second kappa shape index (κ2) is 8.89. The van der Waals surface area contributed by atoms with Crippen LogP contribution >= 0.6 is 0 Å². The van der Waals surface area contributed by atoms with Crippen LogP contribution in [0.15, 0.2) is 72.1 Å². The molecular formula is C24H17F3N2O4. The minimum absolute atomic E-state index is 0.0153. The molecule has 0 spiro atoms. The molecule has 6 nitrogen and oxygen atoms in total. The van der Waals surface area contributed by atoms with E-state index in [0.29, 0.717) is 23.5 Å². The van der Waals surface area contributed by atoms with Gasteiger partial charge in [-0.05, 0) is 35.9 Å². The van der Waals surface area contributed by atoms with Crippen molar-refractivity contribution in [2.24, 2.45) is 0 Å². The molecule has 0 amide bonds. The molecule has 4 N–H and O–H groups in total. The number of aliphatic hydroxyl groups is 2. The topological polar surface area (TPSA) is 98.7 Å². The van der Waals surface area contributed by atoms with Gasteiger partial charge in [0.1, 0.15) is 17.5 Å². The lowest BCUT2D eigenvalue weighted by atomic mass is 9.93. The molecule has 1 aliphatic rings. The molecule has 1 unspecified atom stereocenters. The van der Waals surface area contributed by atoms with E-state index in [2.05, 4.69) is 10.6 Å². The number of ketones is 2. The van der Waals surface area contributed by atoms with Gasteiger partial charge in [0.15, 0.2) is 17.5 Å². The summed E-state index contributed by atoms with van der Waals surface area (Å²) in [7, 11) is 0. The number of anilines is 2. The van der Waals surface area contributed by atoms with Crippen molar-refractivity contribution in [2.75, 3.05) is 17.2 Å². The van der Waals surface area contributed by atoms with Crippen molar-refractivity contribution in [3.05, 3.63) is 106 Å². The van der Waals surface area contributed by atoms with Gasteiger partial charge in [-0.2, -0.15) is 0 Å². The van der Waals surface area contributed by atoms with E-state index in [4.69, 9.17) is 0 Å². The number of para-hydroxylation sites is 2. The number of allylic oxidation sites excluding steroid dienone is 1. The average molecular weight is 454 g/mol. The number of hydrogen-bond donors (Lipinski definition) is 4. The maximum Gasteiger partial charge on any atom is 0.200 e. The Balaban J connectivity index is 1.84. The van der Waals surface area contributed by atoms with Gasteiger partial charge < -0.3 is 20.8 Å². The Labute approximate surface area is 186 Å². The molecule has 0 aromatic heterocycles. The van der Waals surface area contributed by atoms with Crippen LogP contribution in [0.1, 0.15) is 32.4 Å². The molecule has 3 aromatic rings. The Morgan fingerprint density at radius 1 is 0.818 bits per heavy atom. The Bertz CT molecular complexity index is 1260. The fraction of sp³-hybridized carbons (Fsp3) is 0.0833. The van der Waals surface area contributed by atoms with Gasteiger partial charge in [0.2, 0.25) is 11.6 Å². The zero-order valence-corrected chi connectivity index (χ0v) is 16.9. The second-order valence-corrected chi connectivity index (χ2v) is 7.28. The number of halogens is 3. The van der Waals surface area contributed by atoms with Crippen LogP contribution in [0.5, 0.6) is 0 Å². The summed E-state index contributed by atoms with van der Waals surface area (Å²) in [5, 5.41) is 24.9. The van der Waals surface area contributed by atoms with Crippen LogP contribution in [-0.2, 0) is 0 Å². The van der Waals surface area contributed by atoms with Gasteiger partial charge in [0.25, 0.3) is 0 Å². The van der Waals surface area contributed by atoms with Crippen LogP contribution in [-0.4, -0.2) is 28.4 Å². The molecule has 33 heavy (non-hydrogen) atoms. The molecule has 9 heteroatoms. The number of fused-ring (bicyclic) bond motifs is 1. The minimum Gasteiger partial charge on any atom is -0.393 e. The molecule has 1 aliphatic heterocycles. The predicted octanol–water partition coefficient (Wildman–Crippen LogP) is 3.94. The van der Waals surface area contributed by atoms with Crippen molar-refractivity contribution in [3.63, 3.8) is 0 Å². The lowest BCUT2D eigenvalue weighted by molar-refractivity contribution is 0.0945. The quantitative estimate of drug-likeness (QED) is 0.148. The number of rotatable bonds is 6. The number of benzene rings is 3. The molecule has 0 saturated carbocycles. The van der Waals surface area contributed by atoms with Gasteiger partial charge in [-0.1, -0.05) is 30.3 Å². The number of aliphatic hydroxyl groups excluding tert-OH is 2. The summed E-state index contributed by atoms with van der Waals surface area (Å²) < 4.78 is 41.0. The van der Waals surface area contributed by atoms with Crippen molar-refractivity contribution >= 4 is 22.9 Å². The Hall–Kier alpha value is -3.95. The first kappa shape index (κ1) is 22.3. The third-order valence-electron chi connectivity index (χ3n) is 5.10. The van der Waals surface area contributed by atoms with Crippen LogP contribution in [0.25, 0.3) is 0 Å². The van der Waals surface area contributed by atoms with Crippen molar-refractivity contribution < 1.29 is 33.0 Å². The van der Waals surface area contributed by atoms with Crippen molar-refractivity contribution in [3.8, 4) is 0 Å². The molecule has 0 bridgehead atoms. The molecule has 3 aromatic carbocycles. The zero-order valence-electron chi connectivity index (χ0n) is 16.9. The first-order valence-corrected chi connectivity index (χ1v) is 9.80. The lowest BCUT2D eigenvalue weighted by Crippen LogP contribution is -2.21. The minimum atomic E-state index is -1.73. The maximum absolute atomic E-state index is 13.8. The molecule has 0 radical (unpaired) electrons. The summed E-state index contributed by atoms with van der Waals surface area (Å²) in [6, 6.07) is 13.5. The largest absolute Gasteiger partial charge is 0.393 e. The summed E-state index contributed by atoms with van der Waals surface area (Å²) in [5.41, 5.74) is 0.298. The first-order chi connectivity index (χ1) is 15.8. The van der Waals surface area contributed by atoms with Crippen LogP contribution in [0.4, 0.5) is 24.5 Å². The van der Waals surface area contributed by atoms with Crippen molar-refractivity contribution in [2.45, 2.75) is 6.10 Å². The van der Waals surface area contributed by atoms with Crippen LogP contribution < -0.4 is 10.6 Å². The molecule has 0 saturated heterocycles. The van der Waals surface area contributed by atoms with E-state index < -0.39 is 52.9 Å². The van der Waals surface area contributed by atoms with E-state index in [1.54, 1.807) is 24.3 Å². The van der Waals surface area contributed by atoms with Crippen LogP contribution in [0.3, 0.4) is 0 Å². The molecular weight excluding hydrogens is 437 g/mol. The highest BCUT2D eigenvalue weighted by molar-refractivity contribution is 6.32. The first-order valence-electron chi connectivity index (χ1n) is 9.80. The van der Waals surface area contributed by atoms with E-state index in [9.17, 15) is 33.0 Å². The summed E-state index contributed by atoms with van der Waals surface area (Å²) in [5.74, 6) is -6.77. The highest BCUT2D eigenvalue weighted by Crippen LogP contribution is 2.33. The van der Waals surface area contributed by atoms with Crippen molar-refractivity contribution in [1.29, 1.82) is 0 Å². The van der Waals surface area contributed by atoms with Gasteiger partial charge in [-0.15, -0.1) is 0 Å². The van der Waals surface area contributed by atoms with E-state index in [1.165, 1.54) is 24.3 Å². The molecule has 1 heterocycles. The fourth-order valence-corrected chi connectivity index (χ4v) is 3.42. The number of nitrogens with one attached hydrogen (secondary N) is 2. The SMILES string of the molecule is O=C(C(C(=O)c1cc(F)c(F)c(F)c1)=C1Nc2ccccc2N1)c1cccc(C(O)CO)c1. The van der Waals surface area contributed by atoms with Gasteiger partial charge in [0.05, 0.1) is 18.0 Å². The fourth-order valence-electron chi connectivity index (χ4n) is 3.42. The average Bonchev–Trinajstić information content (AvgIpc) is 3.25. The predicted molar refractivity (Wildman–Crippen MR) is 114 cm³/mol. The Morgan fingerprint density at radius 3 is 1.97 bits per heavy atom. The van der Waals surface area contributed by atoms with Crippen LogP contribution in [0.2, 0.25) is 0 Å². The summed E-state index contributed by atoms with van der Waals surface area (Å²) >= 11 is 0. The maximum atomic E-state index is 13.8. The lowest BCUT2D eigenvalue weighted by Gasteiger charge is -2.13. The summed E-state index contributed by atoms with van der Waals surface area (Å²) in [4.78, 5) is 26.7. The smallest absolute Gasteiger partial charge is 0.200 e. The monoisotopic (exact) mass is 454 g/mol. The van der Waals surface area contributed by atoms with Gasteiger partial charge in [0, 0.05) is 11.1 Å². The molecule has 168 valence electrons. The van der Waals surface area contributed by atoms with Gasteiger partial charge in [-0.25, -0.2) is 13.2 Å². The van der Waals surface area contributed by atoms with Gasteiger partial charge >= 0.3 is 0 Å². The highest BCUT2D eigenvalue weighted by Gasteiger charge is 2.30. The summed E-state index contributed by atoms with van der Waals surface area (Å²) in [6.45, 7) is -0.586. The second-order valence-electron chi connectivity index (χ2n) is 7.28. The number of hydrogen-bond acceptors (Lipinski definition) is 6. The third-order valence-corrected chi connectivity index (χ3v) is 5.10. The molecule has 1 atom stereocenters. The molecule has 0 fully saturated rings.